The largest absolute Gasteiger partial charge is 0.320 e. The first-order chi connectivity index (χ1) is 9.93. The fraction of sp³-hybridized carbons (Fsp3) is 0.467. The van der Waals surface area contributed by atoms with Crippen molar-refractivity contribution in [3.8, 4) is 11.8 Å². The SMILES string of the molecule is CCCCCN(C)S(=O)(=O)c1ccc(C#CCN)cc1F. The maximum absolute atomic E-state index is 14.0. The molecule has 0 aliphatic carbocycles. The van der Waals surface area contributed by atoms with Crippen molar-refractivity contribution in [3.05, 3.63) is 29.6 Å². The van der Waals surface area contributed by atoms with Crippen LogP contribution >= 0.6 is 0 Å². The van der Waals surface area contributed by atoms with Crippen molar-refractivity contribution >= 4 is 10.0 Å². The molecular formula is C15H21FN2O2S. The van der Waals surface area contributed by atoms with E-state index >= 15 is 0 Å². The minimum Gasteiger partial charge on any atom is -0.320 e. The van der Waals surface area contributed by atoms with Crippen LogP contribution in [0.3, 0.4) is 0 Å². The second-order valence-electron chi connectivity index (χ2n) is 4.68. The van der Waals surface area contributed by atoms with Crippen LogP contribution in [0.4, 0.5) is 4.39 Å². The quantitative estimate of drug-likeness (QED) is 0.645. The van der Waals surface area contributed by atoms with Crippen molar-refractivity contribution in [2.45, 2.75) is 31.1 Å². The maximum Gasteiger partial charge on any atom is 0.245 e. The predicted molar refractivity (Wildman–Crippen MR) is 81.7 cm³/mol. The summed E-state index contributed by atoms with van der Waals surface area (Å²) in [6.45, 7) is 2.58. The molecule has 6 heteroatoms. The van der Waals surface area contributed by atoms with Gasteiger partial charge < -0.3 is 5.73 Å². The molecule has 4 nitrogen and oxygen atoms in total. The van der Waals surface area contributed by atoms with E-state index in [0.29, 0.717) is 12.1 Å². The van der Waals surface area contributed by atoms with Crippen LogP contribution in [0.2, 0.25) is 0 Å². The van der Waals surface area contributed by atoms with Crippen LogP contribution in [-0.4, -0.2) is 32.9 Å². The first-order valence-corrected chi connectivity index (χ1v) is 8.32. The van der Waals surface area contributed by atoms with Gasteiger partial charge in [-0.15, -0.1) is 0 Å². The third-order valence-corrected chi connectivity index (χ3v) is 4.92. The molecule has 0 saturated carbocycles. The van der Waals surface area contributed by atoms with Crippen LogP contribution < -0.4 is 5.73 Å². The van der Waals surface area contributed by atoms with Crippen LogP contribution in [0.15, 0.2) is 23.1 Å². The average molecular weight is 312 g/mol. The van der Waals surface area contributed by atoms with Gasteiger partial charge in [-0.2, -0.15) is 0 Å². The summed E-state index contributed by atoms with van der Waals surface area (Å²) in [6, 6.07) is 3.86. The summed E-state index contributed by atoms with van der Waals surface area (Å²) in [7, 11) is -2.34. The van der Waals surface area contributed by atoms with Crippen molar-refractivity contribution in [1.82, 2.24) is 4.31 Å². The van der Waals surface area contributed by atoms with Gasteiger partial charge >= 0.3 is 0 Å². The number of unbranched alkanes of at least 4 members (excludes halogenated alkanes) is 2. The average Bonchev–Trinajstić information content (AvgIpc) is 2.45. The van der Waals surface area contributed by atoms with Crippen molar-refractivity contribution in [1.29, 1.82) is 0 Å². The summed E-state index contributed by atoms with van der Waals surface area (Å²) < 4.78 is 39.8. The van der Waals surface area contributed by atoms with Gasteiger partial charge in [-0.1, -0.05) is 31.6 Å². The smallest absolute Gasteiger partial charge is 0.245 e. The molecular weight excluding hydrogens is 291 g/mol. The molecule has 0 fully saturated rings. The van der Waals surface area contributed by atoms with Crippen molar-refractivity contribution in [2.75, 3.05) is 20.1 Å². The highest BCUT2D eigenvalue weighted by Crippen LogP contribution is 2.19. The van der Waals surface area contributed by atoms with Gasteiger partial charge in [0.25, 0.3) is 0 Å². The summed E-state index contributed by atoms with van der Waals surface area (Å²) >= 11 is 0. The topological polar surface area (TPSA) is 63.4 Å². The van der Waals surface area contributed by atoms with E-state index in [1.54, 1.807) is 0 Å². The third kappa shape index (κ3) is 4.81. The summed E-state index contributed by atoms with van der Waals surface area (Å²) in [6.07, 6.45) is 2.70. The molecule has 1 aromatic rings. The van der Waals surface area contributed by atoms with Gasteiger partial charge in [0.2, 0.25) is 10.0 Å². The zero-order chi connectivity index (χ0) is 15.9. The molecule has 21 heavy (non-hydrogen) atoms. The molecule has 0 aromatic heterocycles. The first-order valence-electron chi connectivity index (χ1n) is 6.88. The number of benzene rings is 1. The summed E-state index contributed by atoms with van der Waals surface area (Å²) in [5.41, 5.74) is 5.65. The van der Waals surface area contributed by atoms with Crippen LogP contribution in [0.25, 0.3) is 0 Å². The summed E-state index contributed by atoms with van der Waals surface area (Å²) in [5, 5.41) is 0. The highest BCUT2D eigenvalue weighted by molar-refractivity contribution is 7.89. The van der Waals surface area contributed by atoms with E-state index in [0.717, 1.165) is 25.3 Å². The van der Waals surface area contributed by atoms with Gasteiger partial charge in [0, 0.05) is 19.2 Å². The van der Waals surface area contributed by atoms with Gasteiger partial charge in [-0.3, -0.25) is 0 Å². The van der Waals surface area contributed by atoms with Crippen molar-refractivity contribution in [3.63, 3.8) is 0 Å². The second-order valence-corrected chi connectivity index (χ2v) is 6.70. The van der Waals surface area contributed by atoms with E-state index in [9.17, 15) is 12.8 Å². The van der Waals surface area contributed by atoms with Crippen molar-refractivity contribution < 1.29 is 12.8 Å². The summed E-state index contributed by atoms with van der Waals surface area (Å²) in [5.74, 6) is 4.48. The lowest BCUT2D eigenvalue weighted by atomic mass is 10.2. The van der Waals surface area contributed by atoms with E-state index in [2.05, 4.69) is 11.8 Å². The van der Waals surface area contributed by atoms with Gasteiger partial charge in [0.1, 0.15) is 10.7 Å². The van der Waals surface area contributed by atoms with Crippen LogP contribution in [0.5, 0.6) is 0 Å². The van der Waals surface area contributed by atoms with E-state index in [1.165, 1.54) is 23.5 Å². The number of nitrogens with zero attached hydrogens (tertiary/aromatic N) is 1. The molecule has 0 bridgehead atoms. The Kier molecular flexibility index (Phi) is 6.82. The first kappa shape index (κ1) is 17.6. The minimum absolute atomic E-state index is 0.168. The lowest BCUT2D eigenvalue weighted by molar-refractivity contribution is 0.449. The Morgan fingerprint density at radius 3 is 2.62 bits per heavy atom. The molecule has 0 aliphatic rings. The number of halogens is 1. The predicted octanol–water partition coefficient (Wildman–Crippen LogP) is 1.95. The molecule has 1 aromatic carbocycles. The zero-order valence-corrected chi connectivity index (χ0v) is 13.2. The lowest BCUT2D eigenvalue weighted by Crippen LogP contribution is -2.28. The number of nitrogens with two attached hydrogens (primary N) is 1. The Hall–Kier alpha value is -1.42. The number of rotatable bonds is 6. The highest BCUT2D eigenvalue weighted by atomic mass is 32.2. The van der Waals surface area contributed by atoms with Gasteiger partial charge in [-0.05, 0) is 24.6 Å². The maximum atomic E-state index is 14.0. The fourth-order valence-electron chi connectivity index (χ4n) is 1.81. The molecule has 0 amide bonds. The van der Waals surface area contributed by atoms with Crippen LogP contribution in [-0.2, 0) is 10.0 Å². The van der Waals surface area contributed by atoms with Gasteiger partial charge in [0.15, 0.2) is 0 Å². The number of hydrogen-bond donors (Lipinski definition) is 1. The Bertz CT molecular complexity index is 633. The standard InChI is InChI=1S/C15H21FN2O2S/c1-3-4-5-11-18(2)21(19,20)15-9-8-13(7-6-10-17)12-14(15)16/h8-9,12H,3-5,10-11,17H2,1-2H3. The van der Waals surface area contributed by atoms with E-state index in [4.69, 9.17) is 5.73 Å². The number of sulfonamides is 1. The normalized spacial score (nSPS) is 11.3. The highest BCUT2D eigenvalue weighted by Gasteiger charge is 2.24. The van der Waals surface area contributed by atoms with E-state index < -0.39 is 15.8 Å². The van der Waals surface area contributed by atoms with E-state index in [1.807, 2.05) is 6.92 Å². The molecule has 0 unspecified atom stereocenters. The number of hydrogen-bond acceptors (Lipinski definition) is 3. The van der Waals surface area contributed by atoms with Crippen LogP contribution in [0, 0.1) is 17.7 Å². The Morgan fingerprint density at radius 2 is 2.05 bits per heavy atom. The molecule has 0 saturated heterocycles. The lowest BCUT2D eigenvalue weighted by Gasteiger charge is -2.17. The van der Waals surface area contributed by atoms with E-state index in [-0.39, 0.29) is 11.4 Å². The Labute approximate surface area is 126 Å². The second kappa shape index (κ2) is 8.13. The molecule has 116 valence electrons. The van der Waals surface area contributed by atoms with Gasteiger partial charge in [0.05, 0.1) is 6.54 Å². The summed E-state index contributed by atoms with van der Waals surface area (Å²) in [4.78, 5) is -0.320. The molecule has 0 atom stereocenters. The Morgan fingerprint density at radius 1 is 1.33 bits per heavy atom. The molecule has 0 spiro atoms. The monoisotopic (exact) mass is 312 g/mol. The van der Waals surface area contributed by atoms with Gasteiger partial charge in [-0.25, -0.2) is 17.1 Å². The minimum atomic E-state index is -3.80. The van der Waals surface area contributed by atoms with Crippen LogP contribution in [0.1, 0.15) is 31.7 Å². The third-order valence-electron chi connectivity index (χ3n) is 3.03. The van der Waals surface area contributed by atoms with Crippen molar-refractivity contribution in [2.24, 2.45) is 5.73 Å². The molecule has 0 aliphatic heterocycles. The molecule has 0 heterocycles. The molecule has 0 radical (unpaired) electrons. The Balaban J connectivity index is 2.98. The fourth-order valence-corrected chi connectivity index (χ4v) is 3.06. The zero-order valence-electron chi connectivity index (χ0n) is 12.4. The molecule has 1 rings (SSSR count). The molecule has 2 N–H and O–H groups in total.